The highest BCUT2D eigenvalue weighted by Crippen LogP contribution is 2.30. The van der Waals surface area contributed by atoms with Crippen molar-refractivity contribution in [2.45, 2.75) is 0 Å². The standard InChI is InChI=1S/C21H18N4O4S/c1-28-13-9-7-12(8-10-13)22-20(27)17-11-15-18(24-25-21(15)30-17)23-19(26)14-5-3-4-6-16(14)29-2/h3-11H,1-2H3,(H,22,27)(H2,23,24,25,26). The smallest absolute Gasteiger partial charge is 0.265 e. The van der Waals surface area contributed by atoms with E-state index in [0.29, 0.717) is 43.7 Å². The summed E-state index contributed by atoms with van der Waals surface area (Å²) in [6.07, 6.45) is 0. The first-order valence-electron chi connectivity index (χ1n) is 8.96. The van der Waals surface area contributed by atoms with Crippen LogP contribution >= 0.6 is 11.3 Å². The van der Waals surface area contributed by atoms with Crippen LogP contribution in [0.5, 0.6) is 11.5 Å². The summed E-state index contributed by atoms with van der Waals surface area (Å²) in [5.74, 6) is 0.993. The number of nitrogens with one attached hydrogen (secondary N) is 3. The molecule has 0 bridgehead atoms. The topological polar surface area (TPSA) is 105 Å². The van der Waals surface area contributed by atoms with Crippen LogP contribution in [0.15, 0.2) is 54.6 Å². The van der Waals surface area contributed by atoms with Gasteiger partial charge in [0, 0.05) is 5.69 Å². The van der Waals surface area contributed by atoms with Gasteiger partial charge in [0.25, 0.3) is 11.8 Å². The number of ether oxygens (including phenoxy) is 2. The fourth-order valence-electron chi connectivity index (χ4n) is 2.90. The van der Waals surface area contributed by atoms with Crippen molar-refractivity contribution in [3.8, 4) is 11.5 Å². The molecule has 2 aromatic carbocycles. The molecule has 3 N–H and O–H groups in total. The number of nitrogens with zero attached hydrogens (tertiary/aromatic N) is 1. The third-order valence-corrected chi connectivity index (χ3v) is 5.44. The molecular formula is C21H18N4O4S. The predicted octanol–water partition coefficient (Wildman–Crippen LogP) is 4.15. The van der Waals surface area contributed by atoms with E-state index in [1.54, 1.807) is 61.7 Å². The van der Waals surface area contributed by atoms with Crippen LogP contribution in [0.25, 0.3) is 10.2 Å². The number of amides is 2. The molecule has 152 valence electrons. The maximum atomic E-state index is 12.6. The number of hydrogen-bond acceptors (Lipinski definition) is 6. The largest absolute Gasteiger partial charge is 0.497 e. The molecule has 0 aliphatic carbocycles. The zero-order chi connectivity index (χ0) is 21.1. The van der Waals surface area contributed by atoms with Gasteiger partial charge < -0.3 is 20.1 Å². The molecule has 0 aliphatic heterocycles. The number of hydrogen-bond donors (Lipinski definition) is 3. The van der Waals surface area contributed by atoms with Crippen LogP contribution < -0.4 is 20.1 Å². The van der Waals surface area contributed by atoms with Crippen LogP contribution in [0.2, 0.25) is 0 Å². The molecule has 9 heteroatoms. The van der Waals surface area contributed by atoms with Crippen LogP contribution in [0.1, 0.15) is 20.0 Å². The van der Waals surface area contributed by atoms with Gasteiger partial charge in [-0.05, 0) is 42.5 Å². The minimum absolute atomic E-state index is 0.259. The summed E-state index contributed by atoms with van der Waals surface area (Å²) in [6.45, 7) is 0. The normalized spacial score (nSPS) is 10.6. The Hall–Kier alpha value is -3.85. The fourth-order valence-corrected chi connectivity index (χ4v) is 3.79. The van der Waals surface area contributed by atoms with Gasteiger partial charge in [0.05, 0.1) is 30.0 Å². The first kappa shape index (κ1) is 19.5. The van der Waals surface area contributed by atoms with Gasteiger partial charge in [0.15, 0.2) is 0 Å². The first-order chi connectivity index (χ1) is 14.6. The maximum absolute atomic E-state index is 12.6. The van der Waals surface area contributed by atoms with Gasteiger partial charge >= 0.3 is 0 Å². The van der Waals surface area contributed by atoms with Crippen LogP contribution in [-0.4, -0.2) is 36.2 Å². The van der Waals surface area contributed by atoms with E-state index in [-0.39, 0.29) is 11.8 Å². The van der Waals surface area contributed by atoms with E-state index in [1.807, 2.05) is 0 Å². The SMILES string of the molecule is COc1ccc(NC(=O)c2cc3c(NC(=O)c4ccccc4OC)[nH]nc3s2)cc1. The minimum atomic E-state index is -0.339. The molecule has 4 rings (SSSR count). The van der Waals surface area contributed by atoms with E-state index in [9.17, 15) is 9.59 Å². The number of fused-ring (bicyclic) bond motifs is 1. The van der Waals surface area contributed by atoms with Crippen molar-refractivity contribution in [2.24, 2.45) is 0 Å². The zero-order valence-corrected chi connectivity index (χ0v) is 17.0. The summed E-state index contributed by atoms with van der Waals surface area (Å²) >= 11 is 1.23. The molecule has 2 amide bonds. The van der Waals surface area contributed by atoms with Gasteiger partial charge in [-0.15, -0.1) is 11.3 Å². The molecule has 0 aliphatic rings. The second-order valence-electron chi connectivity index (χ2n) is 6.27. The van der Waals surface area contributed by atoms with Crippen molar-refractivity contribution in [1.29, 1.82) is 0 Å². The van der Waals surface area contributed by atoms with Gasteiger partial charge in [-0.25, -0.2) is 0 Å². The average Bonchev–Trinajstić information content (AvgIpc) is 3.36. The number of benzene rings is 2. The third-order valence-electron chi connectivity index (χ3n) is 4.41. The first-order valence-corrected chi connectivity index (χ1v) is 9.78. The number of methoxy groups -OCH3 is 2. The molecule has 0 atom stereocenters. The van der Waals surface area contributed by atoms with Gasteiger partial charge in [-0.2, -0.15) is 5.10 Å². The molecule has 2 aromatic heterocycles. The summed E-state index contributed by atoms with van der Waals surface area (Å²) < 4.78 is 10.3. The van der Waals surface area contributed by atoms with Gasteiger partial charge in [-0.1, -0.05) is 12.1 Å². The van der Waals surface area contributed by atoms with Crippen molar-refractivity contribution in [2.75, 3.05) is 24.9 Å². The summed E-state index contributed by atoms with van der Waals surface area (Å²) in [7, 11) is 3.09. The number of H-pyrrole nitrogens is 1. The monoisotopic (exact) mass is 422 g/mol. The number of thiophene rings is 1. The molecule has 30 heavy (non-hydrogen) atoms. The molecule has 0 spiro atoms. The van der Waals surface area contributed by atoms with E-state index in [1.165, 1.54) is 18.4 Å². The number of carbonyl (C=O) groups is 2. The second kappa shape index (κ2) is 8.26. The summed E-state index contributed by atoms with van der Waals surface area (Å²) in [6, 6.07) is 15.7. The Morgan fingerprint density at radius 1 is 0.967 bits per heavy atom. The Kier molecular flexibility index (Phi) is 5.36. The Morgan fingerprint density at radius 2 is 1.73 bits per heavy atom. The van der Waals surface area contributed by atoms with E-state index >= 15 is 0 Å². The van der Waals surface area contributed by atoms with Crippen molar-refractivity contribution < 1.29 is 19.1 Å². The number of para-hydroxylation sites is 1. The zero-order valence-electron chi connectivity index (χ0n) is 16.2. The quantitative estimate of drug-likeness (QED) is 0.433. The Labute approximate surface area is 175 Å². The maximum Gasteiger partial charge on any atom is 0.265 e. The van der Waals surface area contributed by atoms with Crippen molar-refractivity contribution >= 4 is 44.9 Å². The minimum Gasteiger partial charge on any atom is -0.497 e. The lowest BCUT2D eigenvalue weighted by atomic mass is 10.2. The third kappa shape index (κ3) is 3.83. The summed E-state index contributed by atoms with van der Waals surface area (Å²) in [5.41, 5.74) is 1.05. The fraction of sp³-hybridized carbons (Fsp3) is 0.0952. The van der Waals surface area contributed by atoms with Crippen LogP contribution in [-0.2, 0) is 0 Å². The van der Waals surface area contributed by atoms with E-state index in [0.717, 1.165) is 0 Å². The molecule has 0 saturated heterocycles. The highest BCUT2D eigenvalue weighted by atomic mass is 32.1. The van der Waals surface area contributed by atoms with Gasteiger partial charge in [0.1, 0.15) is 22.1 Å². The van der Waals surface area contributed by atoms with Crippen molar-refractivity contribution in [3.63, 3.8) is 0 Å². The van der Waals surface area contributed by atoms with E-state index in [4.69, 9.17) is 9.47 Å². The average molecular weight is 422 g/mol. The lowest BCUT2D eigenvalue weighted by Crippen LogP contribution is -2.13. The van der Waals surface area contributed by atoms with E-state index in [2.05, 4.69) is 20.8 Å². The van der Waals surface area contributed by atoms with Crippen LogP contribution in [0.4, 0.5) is 11.5 Å². The molecule has 4 aromatic rings. The number of anilines is 2. The van der Waals surface area contributed by atoms with Crippen molar-refractivity contribution in [3.05, 3.63) is 65.0 Å². The lowest BCUT2D eigenvalue weighted by Gasteiger charge is -2.07. The second-order valence-corrected chi connectivity index (χ2v) is 7.30. The number of aromatic nitrogens is 2. The molecule has 8 nitrogen and oxygen atoms in total. The van der Waals surface area contributed by atoms with Gasteiger partial charge in [0.2, 0.25) is 0 Å². The molecule has 0 unspecified atom stereocenters. The highest BCUT2D eigenvalue weighted by molar-refractivity contribution is 7.20. The molecular weight excluding hydrogens is 404 g/mol. The molecule has 0 radical (unpaired) electrons. The Bertz CT molecular complexity index is 1210. The van der Waals surface area contributed by atoms with Crippen LogP contribution in [0.3, 0.4) is 0 Å². The van der Waals surface area contributed by atoms with Gasteiger partial charge in [-0.3, -0.25) is 14.7 Å². The number of rotatable bonds is 6. The summed E-state index contributed by atoms with van der Waals surface area (Å²) in [5, 5.41) is 13.3. The lowest BCUT2D eigenvalue weighted by molar-refractivity contribution is 0.101. The van der Waals surface area contributed by atoms with E-state index < -0.39 is 0 Å². The highest BCUT2D eigenvalue weighted by Gasteiger charge is 2.18. The van der Waals surface area contributed by atoms with Crippen LogP contribution in [0, 0.1) is 0 Å². The number of carbonyl (C=O) groups excluding carboxylic acids is 2. The van der Waals surface area contributed by atoms with Crippen molar-refractivity contribution in [1.82, 2.24) is 10.2 Å². The summed E-state index contributed by atoms with van der Waals surface area (Å²) in [4.78, 5) is 26.3. The molecule has 0 fully saturated rings. The molecule has 0 saturated carbocycles. The predicted molar refractivity (Wildman–Crippen MR) is 116 cm³/mol. The molecule has 2 heterocycles. The number of aromatic amines is 1. The Balaban J connectivity index is 1.53. The Morgan fingerprint density at radius 3 is 2.47 bits per heavy atom.